The smallest absolute Gasteiger partial charge is 0.326 e. The lowest BCUT2D eigenvalue weighted by molar-refractivity contribution is -0.143. The Morgan fingerprint density at radius 3 is 1.93 bits per heavy atom. The standard InChI is InChI=1S/C21H37NO5/c1-2-3-4-5-6-7-8-9-10-11-12-13-14-15-19(23)22-18(21(26)27)16-17-20(24)25/h7-8,18H,2-6,9-17H2,1H3,(H,22,23)(H,24,25)(H,26,27)/b8-7-. The summed E-state index contributed by atoms with van der Waals surface area (Å²) < 4.78 is 0. The summed E-state index contributed by atoms with van der Waals surface area (Å²) in [7, 11) is 0. The molecular weight excluding hydrogens is 346 g/mol. The summed E-state index contributed by atoms with van der Waals surface area (Å²) in [4.78, 5) is 33.3. The highest BCUT2D eigenvalue weighted by molar-refractivity contribution is 5.83. The van der Waals surface area contributed by atoms with Crippen LogP contribution in [-0.2, 0) is 14.4 Å². The van der Waals surface area contributed by atoms with Crippen molar-refractivity contribution >= 4 is 17.8 Å². The molecule has 0 aliphatic rings. The number of unbranched alkanes of at least 4 members (excludes halogenated alkanes) is 9. The molecule has 0 aromatic rings. The summed E-state index contributed by atoms with van der Waals surface area (Å²) in [6.07, 6.45) is 17.0. The number of rotatable bonds is 18. The molecule has 27 heavy (non-hydrogen) atoms. The minimum atomic E-state index is -1.19. The molecule has 156 valence electrons. The highest BCUT2D eigenvalue weighted by Gasteiger charge is 2.20. The van der Waals surface area contributed by atoms with Gasteiger partial charge in [0, 0.05) is 12.8 Å². The van der Waals surface area contributed by atoms with E-state index in [4.69, 9.17) is 10.2 Å². The van der Waals surface area contributed by atoms with Gasteiger partial charge in [-0.3, -0.25) is 9.59 Å². The van der Waals surface area contributed by atoms with Gasteiger partial charge in [0.25, 0.3) is 0 Å². The third-order valence-electron chi connectivity index (χ3n) is 4.45. The van der Waals surface area contributed by atoms with E-state index >= 15 is 0 Å². The van der Waals surface area contributed by atoms with Crippen molar-refractivity contribution in [3.63, 3.8) is 0 Å². The summed E-state index contributed by atoms with van der Waals surface area (Å²) in [5, 5.41) is 20.0. The Labute approximate surface area is 163 Å². The second kappa shape index (κ2) is 17.6. The van der Waals surface area contributed by atoms with Crippen LogP contribution in [0.4, 0.5) is 0 Å². The molecule has 0 saturated heterocycles. The fraction of sp³-hybridized carbons (Fsp3) is 0.762. The van der Waals surface area contributed by atoms with Crippen LogP contribution in [-0.4, -0.2) is 34.1 Å². The molecule has 0 aliphatic carbocycles. The van der Waals surface area contributed by atoms with E-state index in [1.165, 1.54) is 32.1 Å². The molecule has 0 rings (SSSR count). The van der Waals surface area contributed by atoms with E-state index in [2.05, 4.69) is 24.4 Å². The first-order valence-corrected chi connectivity index (χ1v) is 10.4. The predicted molar refractivity (Wildman–Crippen MR) is 107 cm³/mol. The number of aliphatic carboxylic acids is 2. The van der Waals surface area contributed by atoms with Gasteiger partial charge in [0.15, 0.2) is 0 Å². The Hall–Kier alpha value is -1.85. The van der Waals surface area contributed by atoms with Gasteiger partial charge in [-0.15, -0.1) is 0 Å². The highest BCUT2D eigenvalue weighted by atomic mass is 16.4. The lowest BCUT2D eigenvalue weighted by Gasteiger charge is -2.13. The zero-order valence-electron chi connectivity index (χ0n) is 16.8. The zero-order chi connectivity index (χ0) is 20.3. The van der Waals surface area contributed by atoms with Crippen LogP contribution in [0.5, 0.6) is 0 Å². The van der Waals surface area contributed by atoms with Crippen molar-refractivity contribution in [3.05, 3.63) is 12.2 Å². The van der Waals surface area contributed by atoms with Crippen molar-refractivity contribution in [2.24, 2.45) is 0 Å². The van der Waals surface area contributed by atoms with Gasteiger partial charge in [-0.2, -0.15) is 0 Å². The first-order chi connectivity index (χ1) is 13.0. The molecule has 0 aromatic carbocycles. The molecule has 1 atom stereocenters. The number of carboxylic acid groups (broad SMARTS) is 2. The van der Waals surface area contributed by atoms with Crippen molar-refractivity contribution in [3.8, 4) is 0 Å². The van der Waals surface area contributed by atoms with Crippen molar-refractivity contribution in [1.82, 2.24) is 5.32 Å². The van der Waals surface area contributed by atoms with E-state index in [0.29, 0.717) is 0 Å². The SMILES string of the molecule is CCCCCC/C=C\CCCCCCCC(=O)NC(CCC(=O)O)C(=O)O. The van der Waals surface area contributed by atoms with E-state index in [1.807, 2.05) is 0 Å². The molecule has 0 aliphatic heterocycles. The van der Waals surface area contributed by atoms with Gasteiger partial charge in [-0.25, -0.2) is 4.79 Å². The Morgan fingerprint density at radius 2 is 1.37 bits per heavy atom. The quantitative estimate of drug-likeness (QED) is 0.235. The van der Waals surface area contributed by atoms with Crippen LogP contribution >= 0.6 is 0 Å². The first-order valence-electron chi connectivity index (χ1n) is 10.4. The molecule has 0 heterocycles. The Kier molecular flexibility index (Phi) is 16.4. The minimum Gasteiger partial charge on any atom is -0.481 e. The van der Waals surface area contributed by atoms with Crippen molar-refractivity contribution in [2.75, 3.05) is 0 Å². The van der Waals surface area contributed by atoms with Crippen molar-refractivity contribution in [2.45, 2.75) is 103 Å². The topological polar surface area (TPSA) is 104 Å². The number of carbonyl (C=O) groups excluding carboxylic acids is 1. The van der Waals surface area contributed by atoms with Crippen LogP contribution in [0.3, 0.4) is 0 Å². The molecule has 0 fully saturated rings. The molecule has 0 spiro atoms. The van der Waals surface area contributed by atoms with Crippen LogP contribution < -0.4 is 5.32 Å². The van der Waals surface area contributed by atoms with Gasteiger partial charge in [0.05, 0.1) is 0 Å². The minimum absolute atomic E-state index is 0.0947. The van der Waals surface area contributed by atoms with E-state index in [-0.39, 0.29) is 25.2 Å². The normalized spacial score (nSPS) is 12.2. The molecule has 1 amide bonds. The van der Waals surface area contributed by atoms with Crippen molar-refractivity contribution in [1.29, 1.82) is 0 Å². The van der Waals surface area contributed by atoms with Gasteiger partial charge >= 0.3 is 11.9 Å². The lowest BCUT2D eigenvalue weighted by atomic mass is 10.1. The summed E-state index contributed by atoms with van der Waals surface area (Å²) in [6, 6.07) is -1.12. The zero-order valence-corrected chi connectivity index (χ0v) is 16.8. The number of amides is 1. The molecule has 6 nitrogen and oxygen atoms in total. The second-order valence-corrected chi connectivity index (χ2v) is 7.02. The van der Waals surface area contributed by atoms with Crippen LogP contribution in [0.15, 0.2) is 12.2 Å². The number of nitrogens with one attached hydrogen (secondary N) is 1. The average molecular weight is 384 g/mol. The van der Waals surface area contributed by atoms with Gasteiger partial charge in [-0.1, -0.05) is 57.6 Å². The summed E-state index contributed by atoms with van der Waals surface area (Å²) in [6.45, 7) is 2.22. The van der Waals surface area contributed by atoms with E-state index in [1.54, 1.807) is 0 Å². The molecule has 0 aromatic heterocycles. The monoisotopic (exact) mass is 383 g/mol. The largest absolute Gasteiger partial charge is 0.481 e. The molecule has 0 saturated carbocycles. The fourth-order valence-corrected chi connectivity index (χ4v) is 2.79. The van der Waals surface area contributed by atoms with Crippen LogP contribution in [0.1, 0.15) is 96.8 Å². The molecule has 0 radical (unpaired) electrons. The Morgan fingerprint density at radius 1 is 0.815 bits per heavy atom. The Bertz CT molecular complexity index is 448. The number of allylic oxidation sites excluding steroid dienone is 2. The van der Waals surface area contributed by atoms with Gasteiger partial charge in [0.2, 0.25) is 5.91 Å². The number of carboxylic acids is 2. The summed E-state index contributed by atoms with van der Waals surface area (Å²) >= 11 is 0. The fourth-order valence-electron chi connectivity index (χ4n) is 2.79. The third kappa shape index (κ3) is 17.3. The number of hydrogen-bond acceptors (Lipinski definition) is 3. The molecular formula is C21H37NO5. The number of hydrogen-bond donors (Lipinski definition) is 3. The van der Waals surface area contributed by atoms with Crippen LogP contribution in [0, 0.1) is 0 Å². The van der Waals surface area contributed by atoms with E-state index < -0.39 is 18.0 Å². The summed E-state index contributed by atoms with van der Waals surface area (Å²) in [5.74, 6) is -2.58. The highest BCUT2D eigenvalue weighted by Crippen LogP contribution is 2.09. The van der Waals surface area contributed by atoms with Gasteiger partial charge in [-0.05, 0) is 38.5 Å². The van der Waals surface area contributed by atoms with Crippen LogP contribution in [0.25, 0.3) is 0 Å². The maximum atomic E-state index is 11.8. The third-order valence-corrected chi connectivity index (χ3v) is 4.45. The van der Waals surface area contributed by atoms with Crippen LogP contribution in [0.2, 0.25) is 0 Å². The average Bonchev–Trinajstić information content (AvgIpc) is 2.62. The molecule has 3 N–H and O–H groups in total. The number of carbonyl (C=O) groups is 3. The van der Waals surface area contributed by atoms with E-state index in [9.17, 15) is 14.4 Å². The van der Waals surface area contributed by atoms with Crippen molar-refractivity contribution < 1.29 is 24.6 Å². The van der Waals surface area contributed by atoms with E-state index in [0.717, 1.165) is 38.5 Å². The van der Waals surface area contributed by atoms with Gasteiger partial charge in [0.1, 0.15) is 6.04 Å². The predicted octanol–water partition coefficient (Wildman–Crippen LogP) is 4.68. The maximum Gasteiger partial charge on any atom is 0.326 e. The first kappa shape index (κ1) is 25.1. The van der Waals surface area contributed by atoms with Gasteiger partial charge < -0.3 is 15.5 Å². The lowest BCUT2D eigenvalue weighted by Crippen LogP contribution is -2.41. The second-order valence-electron chi connectivity index (χ2n) is 7.02. The maximum absolute atomic E-state index is 11.8. The molecule has 1 unspecified atom stereocenters. The summed E-state index contributed by atoms with van der Waals surface area (Å²) in [5.41, 5.74) is 0. The molecule has 0 bridgehead atoms. The molecule has 6 heteroatoms. The Balaban J connectivity index is 3.60.